The Hall–Kier alpha value is -2.24. The molecule has 3 rings (SSSR count). The molecule has 1 aliphatic heterocycles. The van der Waals surface area contributed by atoms with Gasteiger partial charge in [-0.25, -0.2) is 0 Å². The Morgan fingerprint density at radius 3 is 2.44 bits per heavy atom. The molecule has 1 N–H and O–H groups in total. The molecule has 2 aromatic carbocycles. The Balaban J connectivity index is 1.46. The number of hydrogen-bond acceptors (Lipinski definition) is 5. The first-order chi connectivity index (χ1) is 13.1. The number of rotatable bonds is 7. The predicted octanol–water partition coefficient (Wildman–Crippen LogP) is 2.87. The van der Waals surface area contributed by atoms with E-state index in [2.05, 4.69) is 28.9 Å². The molecule has 0 unspecified atom stereocenters. The van der Waals surface area contributed by atoms with Crippen molar-refractivity contribution in [2.75, 3.05) is 51.3 Å². The number of piperazine rings is 1. The molecular formula is C22H30N2O3. The molecule has 1 fully saturated rings. The van der Waals surface area contributed by atoms with E-state index in [1.807, 2.05) is 37.3 Å². The van der Waals surface area contributed by atoms with Crippen LogP contribution in [0.25, 0.3) is 0 Å². The fourth-order valence-corrected chi connectivity index (χ4v) is 3.56. The highest BCUT2D eigenvalue weighted by Gasteiger charge is 2.21. The van der Waals surface area contributed by atoms with Crippen LogP contribution in [0, 0.1) is 13.8 Å². The first-order valence-electron chi connectivity index (χ1n) is 9.55. The summed E-state index contributed by atoms with van der Waals surface area (Å²) >= 11 is 0. The van der Waals surface area contributed by atoms with Crippen LogP contribution in [0.3, 0.4) is 0 Å². The summed E-state index contributed by atoms with van der Waals surface area (Å²) in [6.45, 7) is 8.72. The lowest BCUT2D eigenvalue weighted by Crippen LogP contribution is -2.49. The Bertz CT molecular complexity index is 742. The maximum Gasteiger partial charge on any atom is 0.142 e. The average molecular weight is 370 g/mol. The van der Waals surface area contributed by atoms with Crippen molar-refractivity contribution < 1.29 is 14.6 Å². The number of anilines is 1. The molecule has 0 amide bonds. The lowest BCUT2D eigenvalue weighted by molar-refractivity contribution is 0.0660. The van der Waals surface area contributed by atoms with Crippen LogP contribution >= 0.6 is 0 Å². The van der Waals surface area contributed by atoms with Gasteiger partial charge in [-0.3, -0.25) is 4.90 Å². The molecule has 5 nitrogen and oxygen atoms in total. The molecule has 0 bridgehead atoms. The van der Waals surface area contributed by atoms with Crippen LogP contribution in [0.5, 0.6) is 11.5 Å². The van der Waals surface area contributed by atoms with Crippen molar-refractivity contribution in [3.8, 4) is 11.5 Å². The second-order valence-corrected chi connectivity index (χ2v) is 7.19. The van der Waals surface area contributed by atoms with Crippen molar-refractivity contribution in [3.05, 3.63) is 53.6 Å². The zero-order chi connectivity index (χ0) is 19.2. The summed E-state index contributed by atoms with van der Waals surface area (Å²) in [7, 11) is 1.71. The highest BCUT2D eigenvalue weighted by Crippen LogP contribution is 2.28. The zero-order valence-corrected chi connectivity index (χ0v) is 16.5. The fourth-order valence-electron chi connectivity index (χ4n) is 3.56. The Morgan fingerprint density at radius 2 is 1.74 bits per heavy atom. The van der Waals surface area contributed by atoms with Gasteiger partial charge < -0.3 is 19.5 Å². The van der Waals surface area contributed by atoms with Crippen LogP contribution in [0.15, 0.2) is 42.5 Å². The summed E-state index contributed by atoms with van der Waals surface area (Å²) in [5, 5.41) is 10.4. The summed E-state index contributed by atoms with van der Waals surface area (Å²) < 4.78 is 11.3. The van der Waals surface area contributed by atoms with Crippen molar-refractivity contribution in [3.63, 3.8) is 0 Å². The van der Waals surface area contributed by atoms with E-state index in [-0.39, 0.29) is 0 Å². The number of methoxy groups -OCH3 is 1. The highest BCUT2D eigenvalue weighted by molar-refractivity contribution is 5.58. The number of hydrogen-bond donors (Lipinski definition) is 1. The van der Waals surface area contributed by atoms with Crippen LogP contribution in [0.1, 0.15) is 11.1 Å². The van der Waals surface area contributed by atoms with E-state index in [0.29, 0.717) is 13.2 Å². The van der Waals surface area contributed by atoms with Crippen LogP contribution in [-0.4, -0.2) is 62.6 Å². The average Bonchev–Trinajstić information content (AvgIpc) is 2.68. The number of nitrogens with zero attached hydrogens (tertiary/aromatic N) is 2. The van der Waals surface area contributed by atoms with Crippen molar-refractivity contribution >= 4 is 5.69 Å². The largest absolute Gasteiger partial charge is 0.495 e. The molecule has 0 aliphatic carbocycles. The molecule has 5 heteroatoms. The van der Waals surface area contributed by atoms with E-state index in [9.17, 15) is 5.11 Å². The Morgan fingerprint density at radius 1 is 1.00 bits per heavy atom. The third kappa shape index (κ3) is 5.15. The first kappa shape index (κ1) is 19.5. The molecule has 0 radical (unpaired) electrons. The number of aliphatic hydroxyl groups is 1. The van der Waals surface area contributed by atoms with Gasteiger partial charge in [0.25, 0.3) is 0 Å². The molecule has 1 atom stereocenters. The van der Waals surface area contributed by atoms with Crippen LogP contribution < -0.4 is 14.4 Å². The van der Waals surface area contributed by atoms with Gasteiger partial charge in [0.15, 0.2) is 0 Å². The molecule has 0 aromatic heterocycles. The van der Waals surface area contributed by atoms with Gasteiger partial charge in [0.1, 0.15) is 24.2 Å². The van der Waals surface area contributed by atoms with Crippen molar-refractivity contribution in [2.24, 2.45) is 0 Å². The van der Waals surface area contributed by atoms with Gasteiger partial charge in [0.2, 0.25) is 0 Å². The van der Waals surface area contributed by atoms with E-state index < -0.39 is 6.10 Å². The van der Waals surface area contributed by atoms with Crippen molar-refractivity contribution in [1.29, 1.82) is 0 Å². The summed E-state index contributed by atoms with van der Waals surface area (Å²) in [5.41, 5.74) is 3.46. The van der Waals surface area contributed by atoms with E-state index >= 15 is 0 Å². The van der Waals surface area contributed by atoms with Crippen LogP contribution in [0.4, 0.5) is 5.69 Å². The van der Waals surface area contributed by atoms with Crippen LogP contribution in [-0.2, 0) is 0 Å². The van der Waals surface area contributed by atoms with E-state index in [4.69, 9.17) is 9.47 Å². The smallest absolute Gasteiger partial charge is 0.142 e. The lowest BCUT2D eigenvalue weighted by Gasteiger charge is -2.37. The number of ether oxygens (including phenoxy) is 2. The monoisotopic (exact) mass is 370 g/mol. The van der Waals surface area contributed by atoms with E-state index in [1.54, 1.807) is 7.11 Å². The standard InChI is InChI=1S/C22H30N2O3/c1-17-8-9-21(18(2)14-17)27-16-19(25)15-23-10-12-24(13-11-23)20-6-4-5-7-22(20)26-3/h4-9,14,19,25H,10-13,15-16H2,1-3H3/t19-/m0/s1. The predicted molar refractivity (Wildman–Crippen MR) is 109 cm³/mol. The van der Waals surface area contributed by atoms with Gasteiger partial charge in [-0.15, -0.1) is 0 Å². The minimum Gasteiger partial charge on any atom is -0.495 e. The van der Waals surface area contributed by atoms with Crippen molar-refractivity contribution in [1.82, 2.24) is 4.90 Å². The molecular weight excluding hydrogens is 340 g/mol. The quantitative estimate of drug-likeness (QED) is 0.812. The molecule has 146 valence electrons. The van der Waals surface area contributed by atoms with Crippen molar-refractivity contribution in [2.45, 2.75) is 20.0 Å². The van der Waals surface area contributed by atoms with Gasteiger partial charge in [-0.2, -0.15) is 0 Å². The third-order valence-corrected chi connectivity index (χ3v) is 5.03. The third-order valence-electron chi connectivity index (χ3n) is 5.03. The Kier molecular flexibility index (Phi) is 6.58. The normalized spacial score (nSPS) is 16.2. The lowest BCUT2D eigenvalue weighted by atomic mass is 10.1. The number of aryl methyl sites for hydroxylation is 2. The maximum atomic E-state index is 10.4. The molecule has 27 heavy (non-hydrogen) atoms. The fraction of sp³-hybridized carbons (Fsp3) is 0.455. The molecule has 1 aliphatic rings. The molecule has 0 saturated carbocycles. The highest BCUT2D eigenvalue weighted by atomic mass is 16.5. The number of β-amino-alcohol motifs (C(OH)–C–C–N with tert-alkyl or cyclic N) is 1. The summed E-state index contributed by atoms with van der Waals surface area (Å²) in [4.78, 5) is 4.63. The molecule has 2 aromatic rings. The second kappa shape index (κ2) is 9.11. The minimum absolute atomic E-state index is 0.316. The number of aliphatic hydroxyl groups excluding tert-OH is 1. The number of benzene rings is 2. The van der Waals surface area contributed by atoms with Gasteiger partial charge in [-0.1, -0.05) is 29.8 Å². The first-order valence-corrected chi connectivity index (χ1v) is 9.55. The summed E-state index contributed by atoms with van der Waals surface area (Å²) in [5.74, 6) is 1.76. The van der Waals surface area contributed by atoms with Gasteiger partial charge in [0, 0.05) is 32.7 Å². The minimum atomic E-state index is -0.497. The maximum absolute atomic E-state index is 10.4. The zero-order valence-electron chi connectivity index (χ0n) is 16.5. The van der Waals surface area contributed by atoms with Gasteiger partial charge in [0.05, 0.1) is 12.8 Å². The van der Waals surface area contributed by atoms with Gasteiger partial charge in [-0.05, 0) is 37.6 Å². The SMILES string of the molecule is COc1ccccc1N1CCN(C[C@H](O)COc2ccc(C)cc2C)CC1. The van der Waals surface area contributed by atoms with Crippen LogP contribution in [0.2, 0.25) is 0 Å². The topological polar surface area (TPSA) is 45.2 Å². The summed E-state index contributed by atoms with van der Waals surface area (Å²) in [6.07, 6.45) is -0.497. The van der Waals surface area contributed by atoms with Gasteiger partial charge >= 0.3 is 0 Å². The molecule has 0 spiro atoms. The molecule has 1 saturated heterocycles. The number of para-hydroxylation sites is 2. The second-order valence-electron chi connectivity index (χ2n) is 7.19. The molecule has 1 heterocycles. The summed E-state index contributed by atoms with van der Waals surface area (Å²) in [6, 6.07) is 14.2. The van der Waals surface area contributed by atoms with E-state index in [1.165, 1.54) is 5.56 Å². The van der Waals surface area contributed by atoms with E-state index in [0.717, 1.165) is 48.9 Å². The Labute approximate surface area is 162 Å².